The zero-order valence-corrected chi connectivity index (χ0v) is 13.5. The maximum Gasteiger partial charge on any atom is -0.0126 e. The predicted molar refractivity (Wildman–Crippen MR) is 88.1 cm³/mol. The second-order valence-electron chi connectivity index (χ2n) is 7.55. The summed E-state index contributed by atoms with van der Waals surface area (Å²) in [6.07, 6.45) is 0. The van der Waals surface area contributed by atoms with Crippen molar-refractivity contribution in [2.24, 2.45) is 0 Å². The Bertz CT molecular complexity index is 578. The molecule has 0 aliphatic carbocycles. The second-order valence-corrected chi connectivity index (χ2v) is 7.55. The minimum Gasteiger partial charge on any atom is -0.0579 e. The molecule has 1 radical (unpaired) electrons. The predicted octanol–water partition coefficient (Wildman–Crippen LogP) is 5.75. The average molecular weight is 265 g/mol. The highest BCUT2D eigenvalue weighted by atomic mass is 14.3. The van der Waals surface area contributed by atoms with Crippen molar-refractivity contribution in [2.75, 3.05) is 0 Å². The maximum atomic E-state index is 3.10. The van der Waals surface area contributed by atoms with E-state index in [-0.39, 0.29) is 10.8 Å². The van der Waals surface area contributed by atoms with Gasteiger partial charge in [-0.3, -0.25) is 0 Å². The van der Waals surface area contributed by atoms with Crippen molar-refractivity contribution in [1.82, 2.24) is 0 Å². The van der Waals surface area contributed by atoms with Crippen molar-refractivity contribution in [3.05, 3.63) is 59.7 Å². The number of hydrogen-bond donors (Lipinski definition) is 0. The molecule has 2 aromatic carbocycles. The van der Waals surface area contributed by atoms with Crippen LogP contribution in [0.5, 0.6) is 0 Å². The molecule has 0 heterocycles. The minimum atomic E-state index is 0.135. The third kappa shape index (κ3) is 3.12. The van der Waals surface area contributed by atoms with Gasteiger partial charge < -0.3 is 0 Å². The molecule has 20 heavy (non-hydrogen) atoms. The van der Waals surface area contributed by atoms with Crippen LogP contribution in [-0.4, -0.2) is 0 Å². The van der Waals surface area contributed by atoms with Crippen LogP contribution in [0.4, 0.5) is 0 Å². The first-order valence-electron chi connectivity index (χ1n) is 7.31. The fraction of sp³-hybridized carbons (Fsp3) is 0.400. The highest BCUT2D eigenvalue weighted by Crippen LogP contribution is 2.36. The van der Waals surface area contributed by atoms with Gasteiger partial charge in [0.05, 0.1) is 0 Å². The summed E-state index contributed by atoms with van der Waals surface area (Å²) in [5, 5.41) is 0. The van der Waals surface area contributed by atoms with E-state index in [0.717, 1.165) is 0 Å². The lowest BCUT2D eigenvalue weighted by molar-refractivity contribution is 0.570. The quantitative estimate of drug-likeness (QED) is 0.616. The summed E-state index contributed by atoms with van der Waals surface area (Å²) in [6, 6.07) is 18.3. The molecule has 0 fully saturated rings. The molecular formula is C20H25. The van der Waals surface area contributed by atoms with Crippen LogP contribution in [0.3, 0.4) is 0 Å². The summed E-state index contributed by atoms with van der Waals surface area (Å²) < 4.78 is 0. The van der Waals surface area contributed by atoms with Gasteiger partial charge in [0.2, 0.25) is 0 Å². The van der Waals surface area contributed by atoms with Gasteiger partial charge in [-0.15, -0.1) is 0 Å². The summed E-state index contributed by atoms with van der Waals surface area (Å²) in [5.74, 6) is 0. The van der Waals surface area contributed by atoms with Crippen molar-refractivity contribution in [2.45, 2.75) is 52.4 Å². The van der Waals surface area contributed by atoms with Crippen molar-refractivity contribution in [3.8, 4) is 11.1 Å². The van der Waals surface area contributed by atoms with E-state index >= 15 is 0 Å². The van der Waals surface area contributed by atoms with Crippen LogP contribution >= 0.6 is 0 Å². The molecule has 0 spiro atoms. The summed E-state index contributed by atoms with van der Waals surface area (Å²) in [7, 11) is 0. The lowest BCUT2D eigenvalue weighted by Gasteiger charge is -2.27. The van der Waals surface area contributed by atoms with E-state index in [2.05, 4.69) is 77.9 Å². The van der Waals surface area contributed by atoms with Crippen LogP contribution in [0.2, 0.25) is 0 Å². The smallest absolute Gasteiger partial charge is 0.0126 e. The molecule has 0 heteroatoms. The summed E-state index contributed by atoms with van der Waals surface area (Å²) in [5.41, 5.74) is 5.73. The van der Waals surface area contributed by atoms with Crippen molar-refractivity contribution in [3.63, 3.8) is 0 Å². The Morgan fingerprint density at radius 1 is 0.750 bits per heavy atom. The van der Waals surface area contributed by atoms with Gasteiger partial charge in [0.15, 0.2) is 0 Å². The third-order valence-corrected chi connectivity index (χ3v) is 3.72. The van der Waals surface area contributed by atoms with Gasteiger partial charge >= 0.3 is 0 Å². The molecule has 0 saturated carbocycles. The molecule has 0 saturated heterocycles. The molecule has 0 N–H and O–H groups in total. The van der Waals surface area contributed by atoms with Crippen LogP contribution in [0, 0.1) is 6.07 Å². The highest BCUT2D eigenvalue weighted by Gasteiger charge is 2.22. The van der Waals surface area contributed by atoms with E-state index < -0.39 is 0 Å². The van der Waals surface area contributed by atoms with E-state index in [9.17, 15) is 0 Å². The Morgan fingerprint density at radius 2 is 1.35 bits per heavy atom. The van der Waals surface area contributed by atoms with Crippen molar-refractivity contribution >= 4 is 0 Å². The summed E-state index contributed by atoms with van der Waals surface area (Å²) in [6.45, 7) is 13.7. The molecule has 0 nitrogen and oxygen atoms in total. The van der Waals surface area contributed by atoms with Crippen molar-refractivity contribution in [1.29, 1.82) is 0 Å². The van der Waals surface area contributed by atoms with Gasteiger partial charge in [-0.1, -0.05) is 84.0 Å². The van der Waals surface area contributed by atoms with E-state index in [1.807, 2.05) is 12.1 Å². The average Bonchev–Trinajstić information content (AvgIpc) is 2.37. The molecule has 0 aliphatic rings. The minimum absolute atomic E-state index is 0.135. The maximum absolute atomic E-state index is 3.10. The number of hydrogen-bond acceptors (Lipinski definition) is 0. The highest BCUT2D eigenvalue weighted by molar-refractivity contribution is 5.69. The lowest BCUT2D eigenvalue weighted by atomic mass is 9.77. The zero-order chi connectivity index (χ0) is 15.0. The van der Waals surface area contributed by atoms with Crippen LogP contribution in [0.25, 0.3) is 11.1 Å². The first-order chi connectivity index (χ1) is 9.19. The molecule has 0 aromatic heterocycles. The summed E-state index contributed by atoms with van der Waals surface area (Å²) >= 11 is 0. The largest absolute Gasteiger partial charge is 0.0579 e. The molecule has 0 atom stereocenters. The fourth-order valence-electron chi connectivity index (χ4n) is 2.45. The van der Waals surface area contributed by atoms with Gasteiger partial charge in [0, 0.05) is 0 Å². The second kappa shape index (κ2) is 5.09. The Morgan fingerprint density at radius 3 is 1.85 bits per heavy atom. The third-order valence-electron chi connectivity index (χ3n) is 3.72. The first kappa shape index (κ1) is 14.8. The van der Waals surface area contributed by atoms with Crippen LogP contribution in [-0.2, 0) is 10.8 Å². The van der Waals surface area contributed by atoms with Crippen LogP contribution in [0.1, 0.15) is 52.7 Å². The molecule has 0 amide bonds. The van der Waals surface area contributed by atoms with E-state index in [1.165, 1.54) is 22.3 Å². The van der Waals surface area contributed by atoms with Crippen molar-refractivity contribution < 1.29 is 0 Å². The normalized spacial score (nSPS) is 12.5. The topological polar surface area (TPSA) is 0 Å². The Labute approximate surface area is 123 Å². The molecule has 0 unspecified atom stereocenters. The van der Waals surface area contributed by atoms with E-state index in [0.29, 0.717) is 0 Å². The Kier molecular flexibility index (Phi) is 3.77. The standard InChI is InChI=1S/C20H25/c1-19(2,3)16-12-13-17(15-10-8-7-9-11-15)18(14-16)20(4,5)6/h8-14H,1-6H3. The van der Waals surface area contributed by atoms with E-state index in [4.69, 9.17) is 0 Å². The van der Waals surface area contributed by atoms with Gasteiger partial charge in [-0.2, -0.15) is 0 Å². The number of rotatable bonds is 1. The molecule has 105 valence electrons. The molecule has 2 rings (SSSR count). The van der Waals surface area contributed by atoms with Crippen LogP contribution in [0.15, 0.2) is 42.5 Å². The summed E-state index contributed by atoms with van der Waals surface area (Å²) in [4.78, 5) is 0. The fourth-order valence-corrected chi connectivity index (χ4v) is 2.45. The van der Waals surface area contributed by atoms with Gasteiger partial charge in [0.25, 0.3) is 0 Å². The van der Waals surface area contributed by atoms with Crippen LogP contribution < -0.4 is 0 Å². The Balaban J connectivity index is 2.65. The molecule has 0 aliphatic heterocycles. The molecule has 2 aromatic rings. The van der Waals surface area contributed by atoms with Gasteiger partial charge in [0.1, 0.15) is 0 Å². The van der Waals surface area contributed by atoms with Gasteiger partial charge in [-0.05, 0) is 39.2 Å². The number of benzene rings is 2. The van der Waals surface area contributed by atoms with E-state index in [1.54, 1.807) is 0 Å². The first-order valence-corrected chi connectivity index (χ1v) is 7.31. The zero-order valence-electron chi connectivity index (χ0n) is 13.5. The Hall–Kier alpha value is -1.56. The molecule has 0 bridgehead atoms. The monoisotopic (exact) mass is 265 g/mol. The molecular weight excluding hydrogens is 240 g/mol. The lowest BCUT2D eigenvalue weighted by Crippen LogP contribution is -2.17. The SMILES string of the molecule is CC(C)(C)c1ccc(-c2cc[c]cc2)c(C(C)(C)C)c1. The van der Waals surface area contributed by atoms with Gasteiger partial charge in [-0.25, -0.2) is 0 Å².